The first-order valence-corrected chi connectivity index (χ1v) is 5.98. The van der Waals surface area contributed by atoms with Crippen LogP contribution in [0.5, 0.6) is 11.8 Å². The van der Waals surface area contributed by atoms with E-state index in [0.717, 1.165) is 6.07 Å². The molecule has 0 saturated heterocycles. The molecule has 0 spiro atoms. The Hall–Kier alpha value is -2.30. The fraction of sp³-hybridized carbons (Fsp3) is 0.182. The third-order valence-corrected chi connectivity index (χ3v) is 2.64. The fourth-order valence-electron chi connectivity index (χ4n) is 1.40. The molecule has 0 bridgehead atoms. The van der Waals surface area contributed by atoms with E-state index >= 15 is 0 Å². The van der Waals surface area contributed by atoms with E-state index in [2.05, 4.69) is 15.0 Å². The first-order valence-electron chi connectivity index (χ1n) is 5.60. The van der Waals surface area contributed by atoms with Gasteiger partial charge in [0.25, 0.3) is 0 Å². The minimum Gasteiger partial charge on any atom is -0.423 e. The summed E-state index contributed by atoms with van der Waals surface area (Å²) in [6.45, 7) is 0. The van der Waals surface area contributed by atoms with E-state index in [1.807, 2.05) is 0 Å². The summed E-state index contributed by atoms with van der Waals surface area (Å²) in [5.74, 6) is -2.76. The van der Waals surface area contributed by atoms with Crippen LogP contribution >= 0.6 is 11.6 Å². The van der Waals surface area contributed by atoms with Crippen LogP contribution in [0.3, 0.4) is 0 Å². The van der Waals surface area contributed by atoms with Gasteiger partial charge in [0.05, 0.1) is 10.6 Å². The lowest BCUT2D eigenvalue weighted by atomic mass is 10.2. The van der Waals surface area contributed by atoms with Crippen molar-refractivity contribution >= 4 is 17.5 Å². The molecule has 2 aromatic rings. The molecule has 1 aromatic carbocycles. The van der Waals surface area contributed by atoms with E-state index in [4.69, 9.17) is 22.1 Å². The third-order valence-electron chi connectivity index (χ3n) is 2.35. The van der Waals surface area contributed by atoms with Gasteiger partial charge in [0.1, 0.15) is 5.75 Å². The molecule has 2 N–H and O–H groups in total. The van der Waals surface area contributed by atoms with Crippen LogP contribution in [0, 0.1) is 0 Å². The Balaban J connectivity index is 2.35. The van der Waals surface area contributed by atoms with Gasteiger partial charge in [-0.1, -0.05) is 11.6 Å². The van der Waals surface area contributed by atoms with Crippen LogP contribution in [0.25, 0.3) is 0 Å². The van der Waals surface area contributed by atoms with E-state index in [1.54, 1.807) is 0 Å². The molecule has 0 fully saturated rings. The lowest BCUT2D eigenvalue weighted by molar-refractivity contribution is -0.145. The highest BCUT2D eigenvalue weighted by Crippen LogP contribution is 2.36. The van der Waals surface area contributed by atoms with Crippen LogP contribution in [0.2, 0.25) is 5.02 Å². The quantitative estimate of drug-likeness (QED) is 0.823. The average molecular weight is 359 g/mol. The normalized spacial score (nSPS) is 12.3. The van der Waals surface area contributed by atoms with Crippen molar-refractivity contribution in [1.82, 2.24) is 15.0 Å². The van der Waals surface area contributed by atoms with E-state index < -0.39 is 40.7 Å². The summed E-state index contributed by atoms with van der Waals surface area (Å²) in [4.78, 5) is 9.17. The largest absolute Gasteiger partial charge is 0.451 e. The fourth-order valence-corrected chi connectivity index (χ4v) is 1.62. The molecule has 0 aliphatic heterocycles. The van der Waals surface area contributed by atoms with Gasteiger partial charge in [0, 0.05) is 0 Å². The molecule has 1 heterocycles. The Kier molecular flexibility index (Phi) is 4.24. The number of anilines is 1. The predicted molar refractivity (Wildman–Crippen MR) is 65.8 cm³/mol. The lowest BCUT2D eigenvalue weighted by Crippen LogP contribution is -2.14. The number of nitrogens with two attached hydrogens (primary N) is 1. The summed E-state index contributed by atoms with van der Waals surface area (Å²) in [5, 5.41) is -0.493. The van der Waals surface area contributed by atoms with Crippen LogP contribution in [0.1, 0.15) is 11.4 Å². The Bertz CT molecular complexity index is 733. The average Bonchev–Trinajstić information content (AvgIpc) is 2.38. The van der Waals surface area contributed by atoms with Crippen molar-refractivity contribution in [3.05, 3.63) is 34.6 Å². The van der Waals surface area contributed by atoms with E-state index in [0.29, 0.717) is 12.1 Å². The zero-order chi connectivity index (χ0) is 17.4. The highest BCUT2D eigenvalue weighted by atomic mass is 35.5. The number of nitrogen functional groups attached to an aromatic ring is 1. The second kappa shape index (κ2) is 5.72. The van der Waals surface area contributed by atoms with Crippen molar-refractivity contribution in [3.63, 3.8) is 0 Å². The predicted octanol–water partition coefficient (Wildman–Crippen LogP) is 3.94. The number of hydrogen-bond acceptors (Lipinski definition) is 5. The molecule has 0 unspecified atom stereocenters. The molecule has 2 rings (SSSR count). The summed E-state index contributed by atoms with van der Waals surface area (Å²) >= 11 is 5.61. The molecule has 124 valence electrons. The summed E-state index contributed by atoms with van der Waals surface area (Å²) < 4.78 is 79.9. The molecule has 0 aliphatic carbocycles. The number of hydrogen-bond donors (Lipinski definition) is 1. The molecule has 0 radical (unpaired) electrons. The first-order chi connectivity index (χ1) is 10.5. The minimum atomic E-state index is -4.90. The number of benzene rings is 1. The number of rotatable bonds is 2. The number of aromatic nitrogens is 3. The number of nitrogens with zero attached hydrogens (tertiary/aromatic N) is 3. The topological polar surface area (TPSA) is 73.9 Å². The van der Waals surface area contributed by atoms with Gasteiger partial charge in [-0.2, -0.15) is 41.3 Å². The van der Waals surface area contributed by atoms with Crippen molar-refractivity contribution in [2.24, 2.45) is 0 Å². The van der Waals surface area contributed by atoms with Crippen LogP contribution in [-0.4, -0.2) is 15.0 Å². The molecular weight excluding hydrogens is 354 g/mol. The second-order valence-electron chi connectivity index (χ2n) is 4.04. The molecular formula is C11H5ClF6N4O. The summed E-state index contributed by atoms with van der Waals surface area (Å²) in [6.07, 6.45) is -9.54. The van der Waals surface area contributed by atoms with Gasteiger partial charge in [0.15, 0.2) is 0 Å². The molecule has 23 heavy (non-hydrogen) atoms. The number of ether oxygens (including phenoxy) is 1. The van der Waals surface area contributed by atoms with Crippen molar-refractivity contribution < 1.29 is 31.1 Å². The highest BCUT2D eigenvalue weighted by Gasteiger charge is 2.36. The summed E-state index contributed by atoms with van der Waals surface area (Å²) in [5.41, 5.74) is 4.05. The van der Waals surface area contributed by atoms with Gasteiger partial charge in [0.2, 0.25) is 11.8 Å². The number of alkyl halides is 6. The third kappa shape index (κ3) is 4.12. The molecule has 1 aromatic heterocycles. The summed E-state index contributed by atoms with van der Waals surface area (Å²) in [6, 6.07) is 1.15. The molecule has 0 amide bonds. The zero-order valence-corrected chi connectivity index (χ0v) is 11.5. The van der Waals surface area contributed by atoms with Gasteiger partial charge < -0.3 is 10.5 Å². The maximum absolute atomic E-state index is 12.5. The molecule has 0 atom stereocenters. The first kappa shape index (κ1) is 17.1. The van der Waals surface area contributed by atoms with E-state index in [1.165, 1.54) is 0 Å². The maximum Gasteiger partial charge on any atom is 0.451 e. The second-order valence-corrected chi connectivity index (χ2v) is 4.45. The van der Waals surface area contributed by atoms with Crippen molar-refractivity contribution in [1.29, 1.82) is 0 Å². The van der Waals surface area contributed by atoms with Crippen molar-refractivity contribution in [2.75, 3.05) is 5.73 Å². The van der Waals surface area contributed by atoms with E-state index in [-0.39, 0.29) is 5.75 Å². The number of halogens is 7. The molecule has 0 aliphatic rings. The van der Waals surface area contributed by atoms with Crippen LogP contribution in [0.15, 0.2) is 18.2 Å². The smallest absolute Gasteiger partial charge is 0.423 e. The lowest BCUT2D eigenvalue weighted by Gasteiger charge is -2.11. The minimum absolute atomic E-state index is 0.376. The van der Waals surface area contributed by atoms with Crippen LogP contribution in [-0.2, 0) is 12.4 Å². The van der Waals surface area contributed by atoms with E-state index in [9.17, 15) is 26.3 Å². The maximum atomic E-state index is 12.5. The molecule has 5 nitrogen and oxygen atoms in total. The van der Waals surface area contributed by atoms with Crippen molar-refractivity contribution in [3.8, 4) is 11.8 Å². The Morgan fingerprint density at radius 2 is 1.61 bits per heavy atom. The Labute approximate surface area is 129 Å². The van der Waals surface area contributed by atoms with Gasteiger partial charge in [-0.05, 0) is 18.2 Å². The van der Waals surface area contributed by atoms with Gasteiger partial charge in [-0.15, -0.1) is 0 Å². The Morgan fingerprint density at radius 3 is 2.13 bits per heavy atom. The van der Waals surface area contributed by atoms with Crippen molar-refractivity contribution in [2.45, 2.75) is 12.4 Å². The molecule has 0 saturated carbocycles. The Morgan fingerprint density at radius 1 is 0.957 bits per heavy atom. The monoisotopic (exact) mass is 358 g/mol. The zero-order valence-electron chi connectivity index (χ0n) is 10.7. The van der Waals surface area contributed by atoms with Gasteiger partial charge in [-0.3, -0.25) is 0 Å². The standard InChI is InChI=1S/C11H5ClF6N4O/c12-5-3-4(10(13,14)15)1-2-6(5)23-9-21-7(11(16,17)18)20-8(19)22-9/h1-3H,(H2,19,20,21,22). The van der Waals surface area contributed by atoms with Gasteiger partial charge >= 0.3 is 18.4 Å². The van der Waals surface area contributed by atoms with Crippen LogP contribution in [0.4, 0.5) is 32.3 Å². The van der Waals surface area contributed by atoms with Gasteiger partial charge in [-0.25, -0.2) is 0 Å². The SMILES string of the molecule is Nc1nc(Oc2ccc(C(F)(F)F)cc2Cl)nc(C(F)(F)F)n1. The summed E-state index contributed by atoms with van der Waals surface area (Å²) in [7, 11) is 0. The molecule has 12 heteroatoms. The highest BCUT2D eigenvalue weighted by molar-refractivity contribution is 6.32. The van der Waals surface area contributed by atoms with Crippen LogP contribution < -0.4 is 10.5 Å².